The van der Waals surface area contributed by atoms with Gasteiger partial charge in [0.15, 0.2) is 11.5 Å². The van der Waals surface area contributed by atoms with Gasteiger partial charge in [0, 0.05) is 6.42 Å². The van der Waals surface area contributed by atoms with E-state index in [0.29, 0.717) is 0 Å². The third-order valence-corrected chi connectivity index (χ3v) is 9.31. The first-order valence-electron chi connectivity index (χ1n) is 8.27. The summed E-state index contributed by atoms with van der Waals surface area (Å²) in [5.41, 5.74) is 6.15. The topological polar surface area (TPSA) is 250 Å². The van der Waals surface area contributed by atoms with E-state index >= 15 is 0 Å². The summed E-state index contributed by atoms with van der Waals surface area (Å²) >= 11 is 0. The van der Waals surface area contributed by atoms with Crippen LogP contribution in [-0.4, -0.2) is 68.4 Å². The van der Waals surface area contributed by atoms with E-state index in [1.165, 1.54) is 10.9 Å². The molecule has 3 rings (SSSR count). The Morgan fingerprint density at radius 3 is 2.50 bits per heavy atom. The van der Waals surface area contributed by atoms with Gasteiger partial charge < -0.3 is 35.2 Å². The van der Waals surface area contributed by atoms with Gasteiger partial charge in [-0.1, -0.05) is 0 Å². The molecule has 2 aromatic rings. The average Bonchev–Trinajstić information content (AvgIpc) is 3.22. The lowest BCUT2D eigenvalue weighted by molar-refractivity contribution is -0.0424. The van der Waals surface area contributed by atoms with Crippen molar-refractivity contribution in [2.24, 2.45) is 0 Å². The molecule has 0 aliphatic carbocycles. The van der Waals surface area contributed by atoms with Gasteiger partial charge in [-0.3, -0.25) is 18.2 Å². The molecule has 2 aromatic heterocycles. The van der Waals surface area contributed by atoms with Crippen LogP contribution in [0.25, 0.3) is 11.2 Å². The van der Waals surface area contributed by atoms with Crippen LogP contribution >= 0.6 is 23.0 Å². The van der Waals surface area contributed by atoms with Crippen LogP contribution in [0.5, 0.6) is 0 Å². The Labute approximate surface area is 176 Å². The molecule has 180 valence electrons. The van der Waals surface area contributed by atoms with Gasteiger partial charge in [-0.25, -0.2) is 23.8 Å². The van der Waals surface area contributed by atoms with Crippen molar-refractivity contribution in [1.82, 2.24) is 19.5 Å². The third-order valence-electron chi connectivity index (χ3n) is 4.21. The maximum absolute atomic E-state index is 13.4. The summed E-state index contributed by atoms with van der Waals surface area (Å²) in [6.45, 7) is -0.989. The number of nitrogens with zero attached hydrogens (tertiary/aromatic N) is 4. The van der Waals surface area contributed by atoms with E-state index in [-0.39, 0.29) is 23.4 Å². The Kier molecular flexibility index (Phi) is 6.63. The number of phosphoric ester groups is 1. The number of halogens is 2. The Balaban J connectivity index is 1.68. The minimum atomic E-state index is -6.68. The second-order valence-electron chi connectivity index (χ2n) is 6.44. The SMILES string of the molecule is Nc1ncnc2c1ncn2[C@@H]1C[C@H](O)[C@@H](COP(=O)(O)OP(=O)(O)C(F)(F)P(=O)(O)O)O1. The quantitative estimate of drug-likeness (QED) is 0.250. The molecule has 0 amide bonds. The first-order valence-corrected chi connectivity index (χ1v) is 13.0. The molecule has 0 saturated carbocycles. The number of hydrogen-bond donors (Lipinski definition) is 6. The zero-order chi connectivity index (χ0) is 24.1. The minimum Gasteiger partial charge on any atom is -0.390 e. The van der Waals surface area contributed by atoms with Gasteiger partial charge in [0.05, 0.1) is 19.0 Å². The third kappa shape index (κ3) is 4.76. The van der Waals surface area contributed by atoms with E-state index in [1.54, 1.807) is 0 Å². The monoisotopic (exact) mass is 525 g/mol. The standard InChI is InChI=1S/C11H16F2N5O11P3/c12-11(13,30(20,21)22)31(23,24)29-32(25,26)27-2-6-5(19)1-7(28-6)18-4-17-8-9(14)15-3-16-10(8)18/h3-7,19H,1-2H2,(H,23,24)(H,25,26)(H2,14,15,16)(H2,20,21,22)/t5-,6+,7-/m0/s1. The number of phosphoric acid groups is 1. The number of nitrogens with two attached hydrogens (primary N) is 1. The van der Waals surface area contributed by atoms with Gasteiger partial charge in [-0.2, -0.15) is 8.78 Å². The normalized spacial score (nSPS) is 26.2. The Hall–Kier alpha value is -1.42. The van der Waals surface area contributed by atoms with Crippen molar-refractivity contribution in [1.29, 1.82) is 0 Å². The molecule has 7 N–H and O–H groups in total. The lowest BCUT2D eigenvalue weighted by atomic mass is 10.2. The highest BCUT2D eigenvalue weighted by Crippen LogP contribution is 2.77. The summed E-state index contributed by atoms with van der Waals surface area (Å²) in [7, 11) is -19.0. The van der Waals surface area contributed by atoms with Gasteiger partial charge in [0.2, 0.25) is 0 Å². The molecule has 2 unspecified atom stereocenters. The van der Waals surface area contributed by atoms with Crippen molar-refractivity contribution in [2.75, 3.05) is 12.3 Å². The van der Waals surface area contributed by atoms with E-state index in [9.17, 15) is 32.5 Å². The zero-order valence-electron chi connectivity index (χ0n) is 15.5. The van der Waals surface area contributed by atoms with Gasteiger partial charge in [-0.15, -0.1) is 0 Å². The number of aliphatic hydroxyl groups is 1. The largest absolute Gasteiger partial charge is 0.479 e. The van der Waals surface area contributed by atoms with E-state index in [1.807, 2.05) is 0 Å². The van der Waals surface area contributed by atoms with Crippen LogP contribution < -0.4 is 5.73 Å². The maximum Gasteiger partial charge on any atom is 0.479 e. The Morgan fingerprint density at radius 1 is 1.22 bits per heavy atom. The van der Waals surface area contributed by atoms with Crippen LogP contribution in [0, 0.1) is 0 Å². The molecule has 1 aliphatic heterocycles. The van der Waals surface area contributed by atoms with Crippen LogP contribution in [0.3, 0.4) is 0 Å². The molecule has 0 spiro atoms. The first kappa shape index (κ1) is 25.2. The molecule has 3 heterocycles. The average molecular weight is 525 g/mol. The highest BCUT2D eigenvalue weighted by molar-refractivity contribution is 7.75. The van der Waals surface area contributed by atoms with E-state index in [4.69, 9.17) is 25.2 Å². The highest BCUT2D eigenvalue weighted by atomic mass is 31.3. The molecule has 0 radical (unpaired) electrons. The number of alkyl halides is 2. The van der Waals surface area contributed by atoms with Crippen molar-refractivity contribution in [2.45, 2.75) is 30.3 Å². The van der Waals surface area contributed by atoms with Crippen molar-refractivity contribution < 1.29 is 60.7 Å². The molecular weight excluding hydrogens is 509 g/mol. The van der Waals surface area contributed by atoms with Gasteiger partial charge in [-0.05, 0) is 0 Å². The summed E-state index contributed by atoms with van der Waals surface area (Å²) in [5, 5.41) is 4.44. The van der Waals surface area contributed by atoms with Crippen molar-refractivity contribution >= 4 is 40.0 Å². The van der Waals surface area contributed by atoms with Crippen LogP contribution in [0.1, 0.15) is 12.6 Å². The molecule has 1 aliphatic rings. The second-order valence-corrected chi connectivity index (χ2v) is 11.9. The van der Waals surface area contributed by atoms with Gasteiger partial charge in [0.1, 0.15) is 24.2 Å². The summed E-state index contributed by atoms with van der Waals surface area (Å²) in [4.78, 5) is 47.3. The van der Waals surface area contributed by atoms with Gasteiger partial charge in [0.25, 0.3) is 0 Å². The molecule has 0 bridgehead atoms. The predicted molar refractivity (Wildman–Crippen MR) is 97.9 cm³/mol. The number of hydrogen-bond acceptors (Lipinski definition) is 11. The summed E-state index contributed by atoms with van der Waals surface area (Å²) in [5.74, 6) is 0.0751. The fourth-order valence-electron chi connectivity index (χ4n) is 2.66. The summed E-state index contributed by atoms with van der Waals surface area (Å²) in [6, 6.07) is 0. The predicted octanol–water partition coefficient (Wildman–Crippen LogP) is 0.104. The smallest absolute Gasteiger partial charge is 0.390 e. The number of anilines is 1. The van der Waals surface area contributed by atoms with E-state index in [2.05, 4.69) is 23.8 Å². The Bertz CT molecular complexity index is 1160. The molecule has 5 atom stereocenters. The minimum absolute atomic E-state index is 0.0751. The summed E-state index contributed by atoms with van der Waals surface area (Å²) < 4.78 is 75.4. The van der Waals surface area contributed by atoms with Crippen molar-refractivity contribution in [3.8, 4) is 0 Å². The fraction of sp³-hybridized carbons (Fsp3) is 0.545. The fourth-order valence-corrected chi connectivity index (χ4v) is 6.34. The number of aromatic nitrogens is 4. The van der Waals surface area contributed by atoms with Crippen LogP contribution in [0.4, 0.5) is 14.6 Å². The first-order chi connectivity index (χ1) is 14.6. The van der Waals surface area contributed by atoms with Gasteiger partial charge >= 0.3 is 28.4 Å². The number of ether oxygens (including phenoxy) is 1. The summed E-state index contributed by atoms with van der Waals surface area (Å²) in [6.07, 6.45) is -1.26. The molecule has 1 saturated heterocycles. The molecule has 21 heteroatoms. The van der Waals surface area contributed by atoms with Crippen LogP contribution in [-0.2, 0) is 27.3 Å². The lowest BCUT2D eigenvalue weighted by Gasteiger charge is -2.24. The molecule has 16 nitrogen and oxygen atoms in total. The van der Waals surface area contributed by atoms with E-state index < -0.39 is 53.5 Å². The number of imidazole rings is 1. The molecule has 1 fully saturated rings. The molecule has 32 heavy (non-hydrogen) atoms. The number of nitrogen functional groups attached to an aromatic ring is 1. The maximum atomic E-state index is 13.4. The lowest BCUT2D eigenvalue weighted by Crippen LogP contribution is -2.26. The van der Waals surface area contributed by atoms with E-state index in [0.717, 1.165) is 6.33 Å². The number of fused-ring (bicyclic) bond motifs is 1. The number of rotatable bonds is 8. The van der Waals surface area contributed by atoms with Crippen molar-refractivity contribution in [3.63, 3.8) is 0 Å². The van der Waals surface area contributed by atoms with Crippen LogP contribution in [0.15, 0.2) is 12.7 Å². The number of aliphatic hydroxyl groups excluding tert-OH is 1. The molecule has 0 aromatic carbocycles. The highest BCUT2D eigenvalue weighted by Gasteiger charge is 2.67. The zero-order valence-corrected chi connectivity index (χ0v) is 18.1. The van der Waals surface area contributed by atoms with Crippen molar-refractivity contribution in [3.05, 3.63) is 12.7 Å². The Morgan fingerprint density at radius 2 is 1.88 bits per heavy atom. The van der Waals surface area contributed by atoms with Crippen LogP contribution in [0.2, 0.25) is 0 Å². The molecular formula is C11H16F2N5O11P3. The second kappa shape index (κ2) is 8.42.